The fourth-order valence-electron chi connectivity index (χ4n) is 1.84. The van der Waals surface area contributed by atoms with Gasteiger partial charge in [-0.05, 0) is 40.6 Å². The van der Waals surface area contributed by atoms with Crippen molar-refractivity contribution in [2.24, 2.45) is 5.92 Å². The Morgan fingerprint density at radius 1 is 1.35 bits per heavy atom. The molecule has 5 nitrogen and oxygen atoms in total. The Labute approximate surface area is 135 Å². The number of rotatable bonds is 4. The first kappa shape index (κ1) is 15.7. The second kappa shape index (κ2) is 5.98. The lowest BCUT2D eigenvalue weighted by atomic mass is 10.2. The normalized spacial score (nSPS) is 12.1. The van der Waals surface area contributed by atoms with Gasteiger partial charge >= 0.3 is 0 Å². The molecule has 0 unspecified atom stereocenters. The van der Waals surface area contributed by atoms with Gasteiger partial charge in [-0.3, -0.25) is 4.57 Å². The van der Waals surface area contributed by atoms with Crippen LogP contribution in [-0.2, 0) is 15.6 Å². The molecule has 0 atom stereocenters. The smallest absolute Gasteiger partial charge is 0.296 e. The zero-order chi connectivity index (χ0) is 14.9. The number of nitrogens with zero attached hydrogens (tertiary/aromatic N) is 3. The summed E-state index contributed by atoms with van der Waals surface area (Å²) in [6.45, 7) is 4.46. The molecule has 0 amide bonds. The standard InChI is InChI=1S/C12H13ClIN3O2S/c1-8(2)7-17-11(9-4-3-5-10(14)6-9)15-16-12(17)20(13,18)19/h3-6,8H,7H2,1-2H3. The Morgan fingerprint density at radius 2 is 2.05 bits per heavy atom. The van der Waals surface area contributed by atoms with Crippen LogP contribution in [0, 0.1) is 9.49 Å². The Bertz CT molecular complexity index is 728. The Kier molecular flexibility index (Phi) is 4.70. The van der Waals surface area contributed by atoms with Gasteiger partial charge in [-0.15, -0.1) is 10.2 Å². The highest BCUT2D eigenvalue weighted by atomic mass is 127. The van der Waals surface area contributed by atoms with Crippen molar-refractivity contribution in [3.63, 3.8) is 0 Å². The third-order valence-electron chi connectivity index (χ3n) is 2.57. The van der Waals surface area contributed by atoms with Crippen LogP contribution in [0.5, 0.6) is 0 Å². The molecule has 1 heterocycles. The van der Waals surface area contributed by atoms with Gasteiger partial charge in [-0.25, -0.2) is 8.42 Å². The highest BCUT2D eigenvalue weighted by molar-refractivity contribution is 14.1. The maximum absolute atomic E-state index is 11.6. The second-order valence-corrected chi connectivity index (χ2v) is 8.46. The third-order valence-corrected chi connectivity index (χ3v) is 4.39. The molecule has 0 fully saturated rings. The van der Waals surface area contributed by atoms with Crippen molar-refractivity contribution in [2.45, 2.75) is 25.5 Å². The summed E-state index contributed by atoms with van der Waals surface area (Å²) in [5.74, 6) is 0.751. The van der Waals surface area contributed by atoms with Gasteiger partial charge in [0.1, 0.15) is 0 Å². The molecule has 0 aliphatic heterocycles. The molecule has 0 bridgehead atoms. The van der Waals surface area contributed by atoms with Gasteiger partial charge in [0.2, 0.25) is 0 Å². The molecule has 2 rings (SSSR count). The van der Waals surface area contributed by atoms with Crippen LogP contribution < -0.4 is 0 Å². The molecule has 0 N–H and O–H groups in total. The lowest BCUT2D eigenvalue weighted by Gasteiger charge is -2.11. The first-order valence-corrected chi connectivity index (χ1v) is 9.31. The molecular weight excluding hydrogens is 413 g/mol. The van der Waals surface area contributed by atoms with Gasteiger partial charge in [0.15, 0.2) is 5.82 Å². The van der Waals surface area contributed by atoms with E-state index in [1.165, 1.54) is 0 Å². The van der Waals surface area contributed by atoms with Crippen LogP contribution >= 0.6 is 33.3 Å². The molecule has 0 saturated heterocycles. The van der Waals surface area contributed by atoms with Crippen LogP contribution in [0.15, 0.2) is 29.4 Å². The molecule has 108 valence electrons. The minimum Gasteiger partial charge on any atom is -0.297 e. The third kappa shape index (κ3) is 3.50. The van der Waals surface area contributed by atoms with E-state index in [0.29, 0.717) is 12.4 Å². The summed E-state index contributed by atoms with van der Waals surface area (Å²) in [5, 5.41) is 7.52. The van der Waals surface area contributed by atoms with Crippen LogP contribution in [0.3, 0.4) is 0 Å². The SMILES string of the molecule is CC(C)Cn1c(-c2cccc(I)c2)nnc1S(=O)(=O)Cl. The van der Waals surface area contributed by atoms with E-state index in [1.807, 2.05) is 38.1 Å². The van der Waals surface area contributed by atoms with Crippen LogP contribution in [0.4, 0.5) is 0 Å². The Morgan fingerprint density at radius 3 is 2.60 bits per heavy atom. The minimum absolute atomic E-state index is 0.207. The summed E-state index contributed by atoms with van der Waals surface area (Å²) in [7, 11) is 1.51. The van der Waals surface area contributed by atoms with Gasteiger partial charge in [0.05, 0.1) is 0 Å². The monoisotopic (exact) mass is 425 g/mol. The maximum Gasteiger partial charge on any atom is 0.296 e. The van der Waals surface area contributed by atoms with Crippen molar-refractivity contribution in [1.82, 2.24) is 14.8 Å². The van der Waals surface area contributed by atoms with Crippen molar-refractivity contribution in [3.8, 4) is 11.4 Å². The number of hydrogen-bond acceptors (Lipinski definition) is 4. The predicted octanol–water partition coefficient (Wildman–Crippen LogP) is 3.13. The van der Waals surface area contributed by atoms with E-state index in [1.54, 1.807) is 4.57 Å². The fraction of sp³-hybridized carbons (Fsp3) is 0.333. The van der Waals surface area contributed by atoms with E-state index in [-0.39, 0.29) is 11.1 Å². The molecule has 0 saturated carbocycles. The molecule has 2 aromatic rings. The van der Waals surface area contributed by atoms with E-state index in [4.69, 9.17) is 10.7 Å². The van der Waals surface area contributed by atoms with Crippen LogP contribution in [-0.4, -0.2) is 23.2 Å². The lowest BCUT2D eigenvalue weighted by molar-refractivity contribution is 0.488. The number of benzene rings is 1. The summed E-state index contributed by atoms with van der Waals surface area (Å²) in [4.78, 5) is 0. The average molecular weight is 426 g/mol. The highest BCUT2D eigenvalue weighted by Gasteiger charge is 2.23. The zero-order valence-corrected chi connectivity index (χ0v) is 14.6. The average Bonchev–Trinajstić information content (AvgIpc) is 2.71. The van der Waals surface area contributed by atoms with Gasteiger partial charge in [-0.1, -0.05) is 26.0 Å². The summed E-state index contributed by atoms with van der Waals surface area (Å²) in [5.41, 5.74) is 0.816. The van der Waals surface area contributed by atoms with Gasteiger partial charge in [0.25, 0.3) is 14.2 Å². The summed E-state index contributed by atoms with van der Waals surface area (Å²) < 4.78 is 25.8. The Hall–Kier alpha value is -0.670. The summed E-state index contributed by atoms with van der Waals surface area (Å²) >= 11 is 2.19. The molecule has 20 heavy (non-hydrogen) atoms. The molecule has 0 radical (unpaired) electrons. The van der Waals surface area contributed by atoms with Crippen molar-refractivity contribution < 1.29 is 8.42 Å². The van der Waals surface area contributed by atoms with Crippen molar-refractivity contribution in [1.29, 1.82) is 0 Å². The van der Waals surface area contributed by atoms with Crippen LogP contribution in [0.1, 0.15) is 13.8 Å². The Balaban J connectivity index is 2.62. The summed E-state index contributed by atoms with van der Waals surface area (Å²) in [6.07, 6.45) is 0. The van der Waals surface area contributed by atoms with Crippen molar-refractivity contribution >= 4 is 42.3 Å². The molecular formula is C12H13ClIN3O2S. The van der Waals surface area contributed by atoms with Gasteiger partial charge in [-0.2, -0.15) is 0 Å². The molecule has 8 heteroatoms. The van der Waals surface area contributed by atoms with Crippen LogP contribution in [0.2, 0.25) is 0 Å². The fourth-order valence-corrected chi connectivity index (χ4v) is 3.29. The number of hydrogen-bond donors (Lipinski definition) is 0. The lowest BCUT2D eigenvalue weighted by Crippen LogP contribution is -2.11. The van der Waals surface area contributed by atoms with Crippen molar-refractivity contribution in [3.05, 3.63) is 27.8 Å². The van der Waals surface area contributed by atoms with E-state index in [0.717, 1.165) is 9.13 Å². The van der Waals surface area contributed by atoms with Crippen LogP contribution in [0.25, 0.3) is 11.4 Å². The maximum atomic E-state index is 11.6. The largest absolute Gasteiger partial charge is 0.297 e. The van der Waals surface area contributed by atoms with E-state index in [9.17, 15) is 8.42 Å². The topological polar surface area (TPSA) is 64.8 Å². The molecule has 1 aromatic carbocycles. The zero-order valence-electron chi connectivity index (χ0n) is 10.9. The molecule has 0 spiro atoms. The highest BCUT2D eigenvalue weighted by Crippen LogP contribution is 2.24. The van der Waals surface area contributed by atoms with Gasteiger partial charge in [0, 0.05) is 26.4 Å². The molecule has 0 aliphatic carbocycles. The number of halogens is 2. The summed E-state index contributed by atoms with van der Waals surface area (Å²) in [6, 6.07) is 7.63. The van der Waals surface area contributed by atoms with Crippen molar-refractivity contribution in [2.75, 3.05) is 0 Å². The minimum atomic E-state index is -3.92. The second-order valence-electron chi connectivity index (χ2n) is 4.76. The van der Waals surface area contributed by atoms with E-state index >= 15 is 0 Å². The first-order valence-electron chi connectivity index (χ1n) is 5.93. The molecule has 1 aromatic heterocycles. The predicted molar refractivity (Wildman–Crippen MR) is 86.1 cm³/mol. The molecule has 0 aliphatic rings. The number of aromatic nitrogens is 3. The van der Waals surface area contributed by atoms with E-state index in [2.05, 4.69) is 32.8 Å². The van der Waals surface area contributed by atoms with Gasteiger partial charge < -0.3 is 0 Å². The quantitative estimate of drug-likeness (QED) is 0.558. The van der Waals surface area contributed by atoms with E-state index < -0.39 is 9.05 Å². The first-order chi connectivity index (χ1) is 9.29.